The summed E-state index contributed by atoms with van der Waals surface area (Å²) in [6.45, 7) is 0. The quantitative estimate of drug-likeness (QED) is 0.397. The van der Waals surface area contributed by atoms with Gasteiger partial charge in [-0.25, -0.2) is 4.39 Å². The standard InChI is InChI=1S/C24H18FNO4/c1-30-19-9-5-8-16(14-19)22(27)20-21(15-6-3-2-4-7-15)26(24(29)23(20)28)18-12-10-17(25)11-13-18/h2-14,21,27H,1H3/b22-20-. The van der Waals surface area contributed by atoms with E-state index in [-0.39, 0.29) is 11.3 Å². The van der Waals surface area contributed by atoms with Crippen molar-refractivity contribution in [3.8, 4) is 5.75 Å². The van der Waals surface area contributed by atoms with Crippen molar-refractivity contribution in [1.29, 1.82) is 0 Å². The molecule has 0 aromatic heterocycles. The van der Waals surface area contributed by atoms with E-state index in [1.165, 1.54) is 36.3 Å². The fourth-order valence-corrected chi connectivity index (χ4v) is 3.58. The van der Waals surface area contributed by atoms with E-state index < -0.39 is 23.5 Å². The third-order valence-corrected chi connectivity index (χ3v) is 5.01. The number of ether oxygens (including phenoxy) is 1. The van der Waals surface area contributed by atoms with E-state index in [0.29, 0.717) is 22.6 Å². The average molecular weight is 403 g/mol. The highest BCUT2D eigenvalue weighted by Crippen LogP contribution is 2.42. The Morgan fingerprint density at radius 3 is 2.33 bits per heavy atom. The van der Waals surface area contributed by atoms with Crippen molar-refractivity contribution in [3.63, 3.8) is 0 Å². The maximum absolute atomic E-state index is 13.4. The van der Waals surface area contributed by atoms with Crippen LogP contribution >= 0.6 is 0 Å². The van der Waals surface area contributed by atoms with Crippen LogP contribution < -0.4 is 9.64 Å². The number of methoxy groups -OCH3 is 1. The second-order valence-corrected chi connectivity index (χ2v) is 6.79. The van der Waals surface area contributed by atoms with Crippen LogP contribution in [-0.2, 0) is 9.59 Å². The lowest BCUT2D eigenvalue weighted by Gasteiger charge is -2.25. The molecular formula is C24H18FNO4. The number of Topliss-reactive ketones (excluding diaryl/α,β-unsaturated/α-hetero) is 1. The summed E-state index contributed by atoms with van der Waals surface area (Å²) in [7, 11) is 1.50. The Hall–Kier alpha value is -3.93. The number of hydrogen-bond acceptors (Lipinski definition) is 4. The highest BCUT2D eigenvalue weighted by atomic mass is 19.1. The lowest BCUT2D eigenvalue weighted by molar-refractivity contribution is -0.132. The second kappa shape index (κ2) is 7.83. The molecule has 5 nitrogen and oxygen atoms in total. The number of amides is 1. The molecule has 1 unspecified atom stereocenters. The molecule has 1 atom stereocenters. The molecule has 1 aliphatic heterocycles. The van der Waals surface area contributed by atoms with Crippen molar-refractivity contribution in [1.82, 2.24) is 0 Å². The molecule has 30 heavy (non-hydrogen) atoms. The number of carbonyl (C=O) groups is 2. The van der Waals surface area contributed by atoms with Gasteiger partial charge < -0.3 is 9.84 Å². The largest absolute Gasteiger partial charge is 0.507 e. The smallest absolute Gasteiger partial charge is 0.300 e. The predicted octanol–water partition coefficient (Wildman–Crippen LogP) is 4.46. The zero-order valence-electron chi connectivity index (χ0n) is 16.1. The van der Waals surface area contributed by atoms with E-state index in [0.717, 1.165) is 0 Å². The van der Waals surface area contributed by atoms with Crippen LogP contribution in [0.5, 0.6) is 5.75 Å². The highest BCUT2D eigenvalue weighted by molar-refractivity contribution is 6.51. The van der Waals surface area contributed by atoms with Crippen LogP contribution in [0.2, 0.25) is 0 Å². The Bertz CT molecular complexity index is 1140. The van der Waals surface area contributed by atoms with Crippen LogP contribution in [0.4, 0.5) is 10.1 Å². The maximum atomic E-state index is 13.4. The van der Waals surface area contributed by atoms with Crippen LogP contribution in [-0.4, -0.2) is 23.9 Å². The molecule has 150 valence electrons. The van der Waals surface area contributed by atoms with Crippen molar-refractivity contribution >= 4 is 23.1 Å². The molecule has 0 bridgehead atoms. The molecule has 1 amide bonds. The fraction of sp³-hybridized carbons (Fsp3) is 0.0833. The average Bonchev–Trinajstić information content (AvgIpc) is 3.05. The lowest BCUT2D eigenvalue weighted by atomic mass is 9.95. The number of halogens is 1. The van der Waals surface area contributed by atoms with Gasteiger partial charge in [0.25, 0.3) is 11.7 Å². The molecular weight excluding hydrogens is 385 g/mol. The topological polar surface area (TPSA) is 66.8 Å². The Morgan fingerprint density at radius 1 is 0.967 bits per heavy atom. The lowest BCUT2D eigenvalue weighted by Crippen LogP contribution is -2.29. The van der Waals surface area contributed by atoms with Gasteiger partial charge in [0, 0.05) is 11.3 Å². The summed E-state index contributed by atoms with van der Waals surface area (Å²) in [6, 6.07) is 20.0. The van der Waals surface area contributed by atoms with E-state index in [1.807, 2.05) is 6.07 Å². The number of nitrogens with zero attached hydrogens (tertiary/aromatic N) is 1. The molecule has 3 aromatic carbocycles. The van der Waals surface area contributed by atoms with E-state index in [9.17, 15) is 19.1 Å². The molecule has 1 fully saturated rings. The minimum atomic E-state index is -0.858. The molecule has 0 aliphatic carbocycles. The SMILES string of the molecule is COc1cccc(/C(O)=C2/C(=O)C(=O)N(c3ccc(F)cc3)C2c2ccccc2)c1. The number of benzene rings is 3. The van der Waals surface area contributed by atoms with Gasteiger partial charge in [-0.2, -0.15) is 0 Å². The third kappa shape index (κ3) is 3.33. The van der Waals surface area contributed by atoms with E-state index >= 15 is 0 Å². The first-order valence-corrected chi connectivity index (χ1v) is 9.27. The molecule has 4 rings (SSSR count). The zero-order valence-corrected chi connectivity index (χ0v) is 16.1. The van der Waals surface area contributed by atoms with Gasteiger partial charge in [0.1, 0.15) is 17.3 Å². The minimum Gasteiger partial charge on any atom is -0.507 e. The van der Waals surface area contributed by atoms with Crippen molar-refractivity contribution in [2.75, 3.05) is 12.0 Å². The number of anilines is 1. The van der Waals surface area contributed by atoms with Crippen molar-refractivity contribution < 1.29 is 23.8 Å². The van der Waals surface area contributed by atoms with E-state index in [2.05, 4.69) is 0 Å². The fourth-order valence-electron chi connectivity index (χ4n) is 3.58. The number of hydrogen-bond donors (Lipinski definition) is 1. The zero-order chi connectivity index (χ0) is 21.3. The second-order valence-electron chi connectivity index (χ2n) is 6.79. The molecule has 3 aromatic rings. The van der Waals surface area contributed by atoms with Crippen LogP contribution in [0.3, 0.4) is 0 Å². The van der Waals surface area contributed by atoms with Crippen LogP contribution in [0.15, 0.2) is 84.4 Å². The van der Waals surface area contributed by atoms with Gasteiger partial charge in [-0.15, -0.1) is 0 Å². The van der Waals surface area contributed by atoms with Gasteiger partial charge in [0.15, 0.2) is 0 Å². The Kier molecular flexibility index (Phi) is 5.06. The summed E-state index contributed by atoms with van der Waals surface area (Å²) in [5.74, 6) is -1.86. The first-order chi connectivity index (χ1) is 14.5. The first kappa shape index (κ1) is 19.4. The summed E-state index contributed by atoms with van der Waals surface area (Å²) in [5, 5.41) is 11.0. The van der Waals surface area contributed by atoms with Crippen LogP contribution in [0, 0.1) is 5.82 Å². The van der Waals surface area contributed by atoms with Crippen LogP contribution in [0.25, 0.3) is 5.76 Å². The molecule has 0 saturated carbocycles. The Labute approximate surface area is 172 Å². The summed E-state index contributed by atoms with van der Waals surface area (Å²) in [5.41, 5.74) is 1.32. The predicted molar refractivity (Wildman–Crippen MR) is 111 cm³/mol. The molecule has 1 aliphatic rings. The molecule has 6 heteroatoms. The summed E-state index contributed by atoms with van der Waals surface area (Å²) in [4.78, 5) is 27.2. The minimum absolute atomic E-state index is 0.0382. The normalized spacial score (nSPS) is 17.9. The van der Waals surface area contributed by atoms with Crippen LogP contribution in [0.1, 0.15) is 17.2 Å². The molecule has 1 heterocycles. The highest BCUT2D eigenvalue weighted by Gasteiger charge is 2.46. The van der Waals surface area contributed by atoms with Crippen molar-refractivity contribution in [2.45, 2.75) is 6.04 Å². The summed E-state index contributed by atoms with van der Waals surface area (Å²) < 4.78 is 18.6. The maximum Gasteiger partial charge on any atom is 0.300 e. The van der Waals surface area contributed by atoms with Gasteiger partial charge in [0.05, 0.1) is 18.7 Å². The summed E-state index contributed by atoms with van der Waals surface area (Å²) in [6.07, 6.45) is 0. The van der Waals surface area contributed by atoms with Gasteiger partial charge in [-0.05, 0) is 42.0 Å². The van der Waals surface area contributed by atoms with Crippen molar-refractivity contribution in [2.24, 2.45) is 0 Å². The Balaban J connectivity index is 1.93. The molecule has 1 N–H and O–H groups in total. The number of ketones is 1. The third-order valence-electron chi connectivity index (χ3n) is 5.01. The number of rotatable bonds is 4. The van der Waals surface area contributed by atoms with Gasteiger partial charge in [-0.3, -0.25) is 14.5 Å². The van der Waals surface area contributed by atoms with Gasteiger partial charge >= 0.3 is 0 Å². The molecule has 1 saturated heterocycles. The van der Waals surface area contributed by atoms with Crippen molar-refractivity contribution in [3.05, 3.63) is 101 Å². The Morgan fingerprint density at radius 2 is 1.67 bits per heavy atom. The molecule has 0 spiro atoms. The number of aliphatic hydroxyl groups excluding tert-OH is 1. The molecule has 0 radical (unpaired) electrons. The first-order valence-electron chi connectivity index (χ1n) is 9.27. The van der Waals surface area contributed by atoms with Gasteiger partial charge in [0.2, 0.25) is 0 Å². The van der Waals surface area contributed by atoms with E-state index in [4.69, 9.17) is 4.74 Å². The summed E-state index contributed by atoms with van der Waals surface area (Å²) >= 11 is 0. The van der Waals surface area contributed by atoms with Gasteiger partial charge in [-0.1, -0.05) is 42.5 Å². The number of carbonyl (C=O) groups excluding carboxylic acids is 2. The monoisotopic (exact) mass is 403 g/mol. The number of aliphatic hydroxyl groups is 1. The van der Waals surface area contributed by atoms with E-state index in [1.54, 1.807) is 48.5 Å².